The minimum atomic E-state index is -3.77. The van der Waals surface area contributed by atoms with Crippen molar-refractivity contribution in [1.29, 1.82) is 0 Å². The van der Waals surface area contributed by atoms with Gasteiger partial charge in [0, 0.05) is 0 Å². The van der Waals surface area contributed by atoms with Gasteiger partial charge in [0.2, 0.25) is 15.9 Å². The summed E-state index contributed by atoms with van der Waals surface area (Å²) >= 11 is 11.9. The van der Waals surface area contributed by atoms with Crippen LogP contribution in [0.2, 0.25) is 10.0 Å². The summed E-state index contributed by atoms with van der Waals surface area (Å²) in [4.78, 5) is 12.4. The van der Waals surface area contributed by atoms with Crippen LogP contribution in [0.1, 0.15) is 25.5 Å². The number of benzene rings is 2. The van der Waals surface area contributed by atoms with Crippen LogP contribution in [-0.4, -0.2) is 20.4 Å². The number of carbonyl (C=O) groups is 1. The van der Waals surface area contributed by atoms with Gasteiger partial charge in [0.15, 0.2) is 0 Å². The molecule has 0 spiro atoms. The Balaban J connectivity index is 2.03. The van der Waals surface area contributed by atoms with Crippen molar-refractivity contribution < 1.29 is 13.2 Å². The van der Waals surface area contributed by atoms with Crippen molar-refractivity contribution in [3.8, 4) is 0 Å². The van der Waals surface area contributed by atoms with Gasteiger partial charge in [0.05, 0.1) is 27.0 Å². The van der Waals surface area contributed by atoms with Crippen LogP contribution in [0.15, 0.2) is 53.4 Å². The summed E-state index contributed by atoms with van der Waals surface area (Å²) in [6.45, 7) is 3.26. The maximum Gasteiger partial charge on any atom is 0.241 e. The molecule has 0 fully saturated rings. The van der Waals surface area contributed by atoms with Gasteiger partial charge in [-0.3, -0.25) is 4.79 Å². The molecule has 5 nitrogen and oxygen atoms in total. The Hall–Kier alpha value is -1.60. The molecule has 2 unspecified atom stereocenters. The van der Waals surface area contributed by atoms with Crippen molar-refractivity contribution in [3.05, 3.63) is 64.1 Å². The Morgan fingerprint density at radius 1 is 1.00 bits per heavy atom. The average molecular weight is 401 g/mol. The zero-order valence-electron chi connectivity index (χ0n) is 13.7. The van der Waals surface area contributed by atoms with Crippen LogP contribution in [0.5, 0.6) is 0 Å². The lowest BCUT2D eigenvalue weighted by Gasteiger charge is -2.19. The van der Waals surface area contributed by atoms with Crippen LogP contribution >= 0.6 is 23.2 Å². The van der Waals surface area contributed by atoms with Gasteiger partial charge in [0.1, 0.15) is 0 Å². The van der Waals surface area contributed by atoms with Gasteiger partial charge in [-0.2, -0.15) is 4.72 Å². The molecule has 0 aliphatic carbocycles. The molecule has 2 aromatic rings. The Morgan fingerprint density at radius 3 is 2.24 bits per heavy atom. The van der Waals surface area contributed by atoms with Crippen molar-refractivity contribution in [2.75, 3.05) is 0 Å². The summed E-state index contributed by atoms with van der Waals surface area (Å²) in [6.07, 6.45) is 0. The molecule has 0 aliphatic rings. The third-order valence-corrected chi connectivity index (χ3v) is 5.88. The van der Waals surface area contributed by atoms with Gasteiger partial charge in [-0.05, 0) is 43.7 Å². The van der Waals surface area contributed by atoms with E-state index in [2.05, 4.69) is 10.0 Å². The average Bonchev–Trinajstić information content (AvgIpc) is 2.57. The fourth-order valence-electron chi connectivity index (χ4n) is 2.16. The number of sulfonamides is 1. The van der Waals surface area contributed by atoms with Gasteiger partial charge < -0.3 is 5.32 Å². The second kappa shape index (κ2) is 8.19. The van der Waals surface area contributed by atoms with Crippen LogP contribution < -0.4 is 10.0 Å². The zero-order chi connectivity index (χ0) is 18.6. The largest absolute Gasteiger partial charge is 0.348 e. The number of rotatable bonds is 6. The van der Waals surface area contributed by atoms with Gasteiger partial charge in [0.25, 0.3) is 0 Å². The van der Waals surface area contributed by atoms with Gasteiger partial charge in [-0.15, -0.1) is 0 Å². The van der Waals surface area contributed by atoms with E-state index >= 15 is 0 Å². The number of nitrogens with one attached hydrogen (secondary N) is 2. The second-order valence-electron chi connectivity index (χ2n) is 5.56. The number of hydrogen-bond acceptors (Lipinski definition) is 3. The van der Waals surface area contributed by atoms with E-state index in [1.165, 1.54) is 19.1 Å². The fraction of sp³-hybridized carbons (Fsp3) is 0.235. The smallest absolute Gasteiger partial charge is 0.241 e. The topological polar surface area (TPSA) is 75.3 Å². The first-order valence-electron chi connectivity index (χ1n) is 7.53. The Bertz CT molecular complexity index is 857. The van der Waals surface area contributed by atoms with E-state index in [-0.39, 0.29) is 10.9 Å². The van der Waals surface area contributed by atoms with Crippen molar-refractivity contribution in [3.63, 3.8) is 0 Å². The first-order valence-corrected chi connectivity index (χ1v) is 9.77. The Kier molecular flexibility index (Phi) is 6.46. The molecule has 0 radical (unpaired) electrons. The molecule has 0 heterocycles. The third kappa shape index (κ3) is 5.19. The molecular formula is C17H18Cl2N2O3S. The van der Waals surface area contributed by atoms with Gasteiger partial charge in [-0.1, -0.05) is 47.5 Å². The Morgan fingerprint density at radius 2 is 1.64 bits per heavy atom. The molecule has 0 saturated carbocycles. The van der Waals surface area contributed by atoms with E-state index in [4.69, 9.17) is 23.2 Å². The molecule has 2 atom stereocenters. The summed E-state index contributed by atoms with van der Waals surface area (Å²) in [6, 6.07) is 11.6. The highest BCUT2D eigenvalue weighted by Gasteiger charge is 2.23. The van der Waals surface area contributed by atoms with Crippen molar-refractivity contribution >= 4 is 39.1 Å². The second-order valence-corrected chi connectivity index (χ2v) is 8.09. The number of amides is 1. The molecule has 0 bridgehead atoms. The minimum Gasteiger partial charge on any atom is -0.348 e. The molecular weight excluding hydrogens is 383 g/mol. The lowest BCUT2D eigenvalue weighted by atomic mass is 10.1. The number of halogens is 2. The fourth-order valence-corrected chi connectivity index (χ4v) is 3.69. The highest BCUT2D eigenvalue weighted by Crippen LogP contribution is 2.25. The third-order valence-electron chi connectivity index (χ3n) is 3.58. The van der Waals surface area contributed by atoms with E-state index in [1.807, 2.05) is 0 Å². The lowest BCUT2D eigenvalue weighted by molar-refractivity contribution is -0.123. The predicted octanol–water partition coefficient (Wildman–Crippen LogP) is 3.54. The normalized spacial score (nSPS) is 13.9. The summed E-state index contributed by atoms with van der Waals surface area (Å²) in [5, 5.41) is 3.56. The standard InChI is InChI=1S/C17H18Cl2N2O3S/c1-11(13-8-9-15(18)16(19)10-13)20-17(22)12(2)21-25(23,24)14-6-4-3-5-7-14/h3-12,21H,1-2H3,(H,20,22). The first-order chi connectivity index (χ1) is 11.7. The van der Waals surface area contributed by atoms with Gasteiger partial charge >= 0.3 is 0 Å². The lowest BCUT2D eigenvalue weighted by Crippen LogP contribution is -2.45. The van der Waals surface area contributed by atoms with Crippen LogP contribution in [0.3, 0.4) is 0 Å². The maximum absolute atomic E-state index is 12.3. The van der Waals surface area contributed by atoms with Crippen molar-refractivity contribution in [2.24, 2.45) is 0 Å². The molecule has 2 N–H and O–H groups in total. The monoisotopic (exact) mass is 400 g/mol. The molecule has 0 aliphatic heterocycles. The van der Waals surface area contributed by atoms with Crippen LogP contribution in [-0.2, 0) is 14.8 Å². The molecule has 25 heavy (non-hydrogen) atoms. The highest BCUT2D eigenvalue weighted by molar-refractivity contribution is 7.89. The van der Waals surface area contributed by atoms with Crippen molar-refractivity contribution in [1.82, 2.24) is 10.0 Å². The highest BCUT2D eigenvalue weighted by atomic mass is 35.5. The number of carbonyl (C=O) groups excluding carboxylic acids is 1. The molecule has 134 valence electrons. The molecule has 2 rings (SSSR count). The molecule has 1 amide bonds. The first kappa shape index (κ1) is 19.7. The minimum absolute atomic E-state index is 0.104. The maximum atomic E-state index is 12.3. The van der Waals surface area contributed by atoms with Crippen molar-refractivity contribution in [2.45, 2.75) is 30.8 Å². The van der Waals surface area contributed by atoms with E-state index in [9.17, 15) is 13.2 Å². The van der Waals surface area contributed by atoms with Crippen LogP contribution in [0, 0.1) is 0 Å². The summed E-state index contributed by atoms with van der Waals surface area (Å²) < 4.78 is 26.9. The zero-order valence-corrected chi connectivity index (χ0v) is 16.0. The van der Waals surface area contributed by atoms with Crippen LogP contribution in [0.25, 0.3) is 0 Å². The molecule has 2 aromatic carbocycles. The van der Waals surface area contributed by atoms with E-state index < -0.39 is 22.0 Å². The van der Waals surface area contributed by atoms with Crippen LogP contribution in [0.4, 0.5) is 0 Å². The molecule has 0 saturated heterocycles. The molecule has 0 aromatic heterocycles. The molecule has 8 heteroatoms. The summed E-state index contributed by atoms with van der Waals surface area (Å²) in [5.41, 5.74) is 0.765. The van der Waals surface area contributed by atoms with E-state index in [1.54, 1.807) is 43.3 Å². The predicted molar refractivity (Wildman–Crippen MR) is 99.2 cm³/mol. The van der Waals surface area contributed by atoms with E-state index in [0.717, 1.165) is 5.56 Å². The van der Waals surface area contributed by atoms with Gasteiger partial charge in [-0.25, -0.2) is 8.42 Å². The Labute approximate surface area is 157 Å². The summed E-state index contributed by atoms with van der Waals surface area (Å²) in [5.74, 6) is -0.446. The quantitative estimate of drug-likeness (QED) is 0.778. The SMILES string of the molecule is CC(NS(=O)(=O)c1ccccc1)C(=O)NC(C)c1ccc(Cl)c(Cl)c1. The van der Waals surface area contributed by atoms with E-state index in [0.29, 0.717) is 10.0 Å². The number of hydrogen-bond donors (Lipinski definition) is 2. The summed E-state index contributed by atoms with van der Waals surface area (Å²) in [7, 11) is -3.77.